The summed E-state index contributed by atoms with van der Waals surface area (Å²) in [5.41, 5.74) is 1.90. The number of hydrogen-bond donors (Lipinski definition) is 1. The average Bonchev–Trinajstić information content (AvgIpc) is 2.78. The van der Waals surface area contributed by atoms with Crippen molar-refractivity contribution in [2.75, 3.05) is 0 Å². The number of benzene rings is 1. The number of carbonyl (C=O) groups is 1. The van der Waals surface area contributed by atoms with Gasteiger partial charge in [-0.05, 0) is 25.5 Å². The van der Waals surface area contributed by atoms with Crippen molar-refractivity contribution in [1.82, 2.24) is 9.55 Å². The maximum absolute atomic E-state index is 12.5. The summed E-state index contributed by atoms with van der Waals surface area (Å²) in [7, 11) is 1.82. The van der Waals surface area contributed by atoms with E-state index in [2.05, 4.69) is 4.98 Å². The summed E-state index contributed by atoms with van der Waals surface area (Å²) < 4.78 is 1.77. The van der Waals surface area contributed by atoms with Crippen LogP contribution < -0.4 is 0 Å². The molecule has 0 spiro atoms. The van der Waals surface area contributed by atoms with E-state index in [1.54, 1.807) is 48.9 Å². The Morgan fingerprint density at radius 3 is 2.48 bits per heavy atom. The number of fused-ring (bicyclic) bond motifs is 1. The zero-order valence-electron chi connectivity index (χ0n) is 14.2. The van der Waals surface area contributed by atoms with E-state index < -0.39 is 5.60 Å². The maximum Gasteiger partial charge on any atom is 0.168 e. The number of carbonyl (C=O) groups excluding carboxylic acids is 1. The highest BCUT2D eigenvalue weighted by Gasteiger charge is 2.17. The number of pyridine rings is 1. The molecule has 0 bridgehead atoms. The average molecular weight is 377 g/mol. The van der Waals surface area contributed by atoms with Crippen LogP contribution in [0.2, 0.25) is 10.2 Å². The minimum absolute atomic E-state index is 0.0412. The molecule has 1 N–H and O–H groups in total. The minimum atomic E-state index is -0.931. The molecule has 4 nitrogen and oxygen atoms in total. The summed E-state index contributed by atoms with van der Waals surface area (Å²) in [6.45, 7) is 3.41. The molecule has 130 valence electrons. The lowest BCUT2D eigenvalue weighted by Gasteiger charge is -2.17. The Morgan fingerprint density at radius 2 is 1.88 bits per heavy atom. The third-order valence-electron chi connectivity index (χ3n) is 4.27. The Bertz CT molecular complexity index is 954. The van der Waals surface area contributed by atoms with Crippen LogP contribution in [0.3, 0.4) is 0 Å². The molecule has 2 aromatic heterocycles. The van der Waals surface area contributed by atoms with Gasteiger partial charge in [-0.15, -0.1) is 0 Å². The quantitative estimate of drug-likeness (QED) is 0.680. The Balaban J connectivity index is 1.86. The van der Waals surface area contributed by atoms with Crippen LogP contribution in [0.5, 0.6) is 0 Å². The molecule has 0 saturated carbocycles. The summed E-state index contributed by atoms with van der Waals surface area (Å²) in [6, 6.07) is 8.81. The number of Topliss-reactive ketones (excluding diaryl/α,β-unsaturated/α-hetero) is 1. The van der Waals surface area contributed by atoms with E-state index in [1.165, 1.54) is 0 Å². The molecule has 0 atom stereocenters. The smallest absolute Gasteiger partial charge is 0.168 e. The molecule has 0 amide bonds. The lowest BCUT2D eigenvalue weighted by Crippen LogP contribution is -2.15. The molecule has 3 rings (SSSR count). The molecule has 6 heteroatoms. The Hall–Kier alpha value is -1.88. The standard InChI is InChI=1S/C19H18Cl2N2O2/c1-19(2,25)12-6-4-11(5-7-12)16(24)9-13-8-15-14(10-22-13)17(20)18(21)23(15)3/h4-8,10,25H,9H2,1-3H3. The van der Waals surface area contributed by atoms with Crippen LogP contribution in [-0.4, -0.2) is 20.4 Å². The van der Waals surface area contributed by atoms with Crippen molar-refractivity contribution in [3.05, 3.63) is 63.5 Å². The topological polar surface area (TPSA) is 55.1 Å². The normalized spacial score (nSPS) is 11.9. The molecular formula is C19H18Cl2N2O2. The van der Waals surface area contributed by atoms with Crippen LogP contribution in [0, 0.1) is 0 Å². The maximum atomic E-state index is 12.5. The summed E-state index contributed by atoms with van der Waals surface area (Å²) in [4.78, 5) is 16.8. The molecule has 1 aromatic carbocycles. The van der Waals surface area contributed by atoms with Crippen LogP contribution >= 0.6 is 23.2 Å². The molecule has 3 aromatic rings. The third kappa shape index (κ3) is 3.43. The van der Waals surface area contributed by atoms with Gasteiger partial charge in [-0.1, -0.05) is 47.5 Å². The van der Waals surface area contributed by atoms with Crippen molar-refractivity contribution >= 4 is 39.9 Å². The van der Waals surface area contributed by atoms with Crippen molar-refractivity contribution in [2.45, 2.75) is 25.9 Å². The molecule has 0 saturated heterocycles. The Morgan fingerprint density at radius 1 is 1.24 bits per heavy atom. The SMILES string of the molecule is Cn1c(Cl)c(Cl)c2cnc(CC(=O)c3ccc(C(C)(C)O)cc3)cc21. The van der Waals surface area contributed by atoms with Gasteiger partial charge in [0.15, 0.2) is 5.78 Å². The van der Waals surface area contributed by atoms with Gasteiger partial charge in [0.2, 0.25) is 0 Å². The molecule has 0 aliphatic rings. The highest BCUT2D eigenvalue weighted by molar-refractivity contribution is 6.45. The molecule has 25 heavy (non-hydrogen) atoms. The van der Waals surface area contributed by atoms with Crippen LogP contribution in [0.4, 0.5) is 0 Å². The highest BCUT2D eigenvalue weighted by atomic mass is 35.5. The minimum Gasteiger partial charge on any atom is -0.386 e. The predicted octanol–water partition coefficient (Wildman–Crippen LogP) is 4.53. The van der Waals surface area contributed by atoms with Gasteiger partial charge in [0.1, 0.15) is 5.15 Å². The summed E-state index contributed by atoms with van der Waals surface area (Å²) >= 11 is 12.3. The van der Waals surface area contributed by atoms with Gasteiger partial charge in [-0.3, -0.25) is 9.78 Å². The summed E-state index contributed by atoms with van der Waals surface area (Å²) in [5, 5.41) is 11.7. The Kier molecular flexibility index (Phi) is 4.62. The second-order valence-corrected chi connectivity index (χ2v) is 7.33. The Labute approximate surface area is 156 Å². The fraction of sp³-hybridized carbons (Fsp3) is 0.263. The van der Waals surface area contributed by atoms with E-state index in [0.717, 1.165) is 16.5 Å². The van der Waals surface area contributed by atoms with E-state index in [1.807, 2.05) is 13.1 Å². The van der Waals surface area contributed by atoms with Gasteiger partial charge in [-0.2, -0.15) is 0 Å². The lowest BCUT2D eigenvalue weighted by atomic mass is 9.96. The molecule has 0 unspecified atom stereocenters. The number of halogens is 2. The molecule has 0 radical (unpaired) electrons. The van der Waals surface area contributed by atoms with Crippen LogP contribution in [-0.2, 0) is 19.1 Å². The number of aliphatic hydroxyl groups is 1. The van der Waals surface area contributed by atoms with Crippen molar-refractivity contribution < 1.29 is 9.90 Å². The van der Waals surface area contributed by atoms with Crippen LogP contribution in [0.1, 0.15) is 35.5 Å². The largest absolute Gasteiger partial charge is 0.386 e. The molecular weight excluding hydrogens is 359 g/mol. The highest BCUT2D eigenvalue weighted by Crippen LogP contribution is 2.33. The van der Waals surface area contributed by atoms with Crippen molar-refractivity contribution in [2.24, 2.45) is 7.05 Å². The van der Waals surface area contributed by atoms with E-state index >= 15 is 0 Å². The summed E-state index contributed by atoms with van der Waals surface area (Å²) in [6.07, 6.45) is 1.82. The number of rotatable bonds is 4. The predicted molar refractivity (Wildman–Crippen MR) is 100 cm³/mol. The van der Waals surface area contributed by atoms with Gasteiger partial charge in [-0.25, -0.2) is 0 Å². The van der Waals surface area contributed by atoms with Gasteiger partial charge >= 0.3 is 0 Å². The fourth-order valence-corrected chi connectivity index (χ4v) is 3.19. The number of aromatic nitrogens is 2. The number of aryl methyl sites for hydroxylation is 1. The first kappa shape index (κ1) is 17.9. The number of nitrogens with zero attached hydrogens (tertiary/aromatic N) is 2. The van der Waals surface area contributed by atoms with E-state index in [-0.39, 0.29) is 12.2 Å². The fourth-order valence-electron chi connectivity index (χ4n) is 2.72. The van der Waals surface area contributed by atoms with Crippen LogP contribution in [0.25, 0.3) is 10.9 Å². The zero-order valence-corrected chi connectivity index (χ0v) is 15.7. The molecule has 0 aliphatic carbocycles. The van der Waals surface area contributed by atoms with Gasteiger partial charge in [0.05, 0.1) is 28.3 Å². The van der Waals surface area contributed by atoms with Crippen molar-refractivity contribution in [3.8, 4) is 0 Å². The van der Waals surface area contributed by atoms with Crippen LogP contribution in [0.15, 0.2) is 36.5 Å². The number of hydrogen-bond acceptors (Lipinski definition) is 3. The lowest BCUT2D eigenvalue weighted by molar-refractivity contribution is 0.0784. The molecule has 0 aliphatic heterocycles. The summed E-state index contributed by atoms with van der Waals surface area (Å²) in [5.74, 6) is -0.0412. The first-order valence-corrected chi connectivity index (χ1v) is 8.58. The van der Waals surface area contributed by atoms with Gasteiger partial charge in [0, 0.05) is 24.2 Å². The molecule has 0 fully saturated rings. The zero-order chi connectivity index (χ0) is 18.4. The van der Waals surface area contributed by atoms with E-state index in [9.17, 15) is 9.90 Å². The second kappa shape index (κ2) is 6.45. The second-order valence-electron chi connectivity index (χ2n) is 6.59. The van der Waals surface area contributed by atoms with E-state index in [4.69, 9.17) is 23.2 Å². The monoisotopic (exact) mass is 376 g/mol. The van der Waals surface area contributed by atoms with Gasteiger partial charge < -0.3 is 9.67 Å². The molecule has 2 heterocycles. The number of ketones is 1. The first-order valence-electron chi connectivity index (χ1n) is 7.83. The van der Waals surface area contributed by atoms with Crippen molar-refractivity contribution in [1.29, 1.82) is 0 Å². The van der Waals surface area contributed by atoms with E-state index in [0.29, 0.717) is 21.4 Å². The first-order chi connectivity index (χ1) is 11.7. The third-order valence-corrected chi connectivity index (χ3v) is 5.19. The van der Waals surface area contributed by atoms with Gasteiger partial charge in [0.25, 0.3) is 0 Å². The van der Waals surface area contributed by atoms with Crippen molar-refractivity contribution in [3.63, 3.8) is 0 Å².